The van der Waals surface area contributed by atoms with Crippen LogP contribution in [0.3, 0.4) is 0 Å². The second kappa shape index (κ2) is 5.17. The van der Waals surface area contributed by atoms with Gasteiger partial charge in [0.2, 0.25) is 0 Å². The molecule has 0 aromatic heterocycles. The topological polar surface area (TPSA) is 32.3 Å². The molecule has 1 fully saturated rings. The molecule has 2 rings (SSSR count). The summed E-state index contributed by atoms with van der Waals surface area (Å²) in [4.78, 5) is 0. The summed E-state index contributed by atoms with van der Waals surface area (Å²) in [6, 6.07) is 5.73. The monoisotopic (exact) mass is 321 g/mol. The molecule has 0 amide bonds. The minimum absolute atomic E-state index is 0.167. The van der Waals surface area contributed by atoms with Gasteiger partial charge in [0.1, 0.15) is 0 Å². The Hall–Kier alpha value is 0.1000. The van der Waals surface area contributed by atoms with Crippen LogP contribution in [-0.2, 0) is 0 Å². The van der Waals surface area contributed by atoms with Crippen LogP contribution in [0.2, 0.25) is 5.02 Å². The Bertz CT molecular complexity index is 382. The second-order valence-corrected chi connectivity index (χ2v) is 6.36. The Kier molecular flexibility index (Phi) is 4.06. The fraction of sp³-hybridized carbons (Fsp3) is 0.455. The third kappa shape index (κ3) is 2.67. The van der Waals surface area contributed by atoms with E-state index in [2.05, 4.69) is 21.2 Å². The van der Waals surface area contributed by atoms with Gasteiger partial charge in [0.25, 0.3) is 0 Å². The maximum atomic E-state index is 9.49. The minimum Gasteiger partial charge on any atom is -0.394 e. The molecule has 5 heteroatoms. The van der Waals surface area contributed by atoms with Crippen LogP contribution in [0.5, 0.6) is 0 Å². The molecule has 0 aliphatic carbocycles. The maximum absolute atomic E-state index is 9.49. The summed E-state index contributed by atoms with van der Waals surface area (Å²) < 4.78 is 0.873. The Balaban J connectivity index is 2.16. The number of halogens is 2. The van der Waals surface area contributed by atoms with Crippen molar-refractivity contribution in [2.75, 3.05) is 23.4 Å². The molecule has 2 nitrogen and oxygen atoms in total. The fourth-order valence-corrected chi connectivity index (χ4v) is 3.62. The second-order valence-electron chi connectivity index (χ2n) is 3.99. The molecule has 16 heavy (non-hydrogen) atoms. The van der Waals surface area contributed by atoms with Gasteiger partial charge in [0, 0.05) is 15.9 Å². The molecule has 1 unspecified atom stereocenters. The lowest BCUT2D eigenvalue weighted by Gasteiger charge is -2.28. The van der Waals surface area contributed by atoms with Crippen LogP contribution in [0.4, 0.5) is 5.69 Å². The van der Waals surface area contributed by atoms with Crippen LogP contribution >= 0.6 is 39.3 Å². The van der Waals surface area contributed by atoms with Crippen molar-refractivity contribution in [1.82, 2.24) is 0 Å². The van der Waals surface area contributed by atoms with Crippen molar-refractivity contribution >= 4 is 45.0 Å². The quantitative estimate of drug-likeness (QED) is 0.895. The highest BCUT2D eigenvalue weighted by Gasteiger charge is 2.33. The number of benzene rings is 1. The summed E-state index contributed by atoms with van der Waals surface area (Å²) in [5.74, 6) is 2.05. The molecule has 1 heterocycles. The zero-order valence-corrected chi connectivity index (χ0v) is 11.8. The first-order valence-electron chi connectivity index (χ1n) is 5.07. The van der Waals surface area contributed by atoms with Crippen molar-refractivity contribution in [2.45, 2.75) is 12.0 Å². The lowest BCUT2D eigenvalue weighted by Crippen LogP contribution is -2.42. The summed E-state index contributed by atoms with van der Waals surface area (Å²) in [7, 11) is 0. The molecule has 1 aromatic carbocycles. The van der Waals surface area contributed by atoms with Crippen LogP contribution in [-0.4, -0.2) is 28.8 Å². The molecule has 0 radical (unpaired) electrons. The smallest absolute Gasteiger partial charge is 0.0701 e. The van der Waals surface area contributed by atoms with E-state index in [1.54, 1.807) is 0 Å². The number of aliphatic hydroxyl groups excluding tert-OH is 1. The predicted octanol–water partition coefficient (Wildman–Crippen LogP) is 3.38. The molecule has 0 bridgehead atoms. The summed E-state index contributed by atoms with van der Waals surface area (Å²) >= 11 is 11.2. The normalized spacial score (nSPS) is 24.7. The van der Waals surface area contributed by atoms with Crippen molar-refractivity contribution in [3.05, 3.63) is 27.7 Å². The summed E-state index contributed by atoms with van der Waals surface area (Å²) in [5.41, 5.74) is 0.825. The van der Waals surface area contributed by atoms with Crippen LogP contribution in [0, 0.1) is 0 Å². The number of aliphatic hydroxyl groups is 1. The van der Waals surface area contributed by atoms with Crippen molar-refractivity contribution in [3.63, 3.8) is 0 Å². The molecule has 0 spiro atoms. The van der Waals surface area contributed by atoms with Crippen LogP contribution in [0.15, 0.2) is 22.7 Å². The molecule has 1 aromatic rings. The molecule has 1 saturated heterocycles. The number of thioether (sulfide) groups is 1. The average molecular weight is 323 g/mol. The van der Waals surface area contributed by atoms with E-state index in [0.717, 1.165) is 28.1 Å². The number of anilines is 1. The molecule has 1 aliphatic heterocycles. The highest BCUT2D eigenvalue weighted by molar-refractivity contribution is 9.10. The van der Waals surface area contributed by atoms with Gasteiger partial charge >= 0.3 is 0 Å². The van der Waals surface area contributed by atoms with E-state index in [0.29, 0.717) is 5.02 Å². The van der Waals surface area contributed by atoms with Gasteiger partial charge in [-0.1, -0.05) is 11.6 Å². The van der Waals surface area contributed by atoms with E-state index in [-0.39, 0.29) is 12.1 Å². The largest absolute Gasteiger partial charge is 0.394 e. The van der Waals surface area contributed by atoms with E-state index >= 15 is 0 Å². The molecule has 88 valence electrons. The van der Waals surface area contributed by atoms with Crippen LogP contribution < -0.4 is 5.32 Å². The lowest BCUT2D eigenvalue weighted by molar-refractivity contribution is 0.226. The van der Waals surface area contributed by atoms with E-state index in [9.17, 15) is 5.11 Å². The van der Waals surface area contributed by atoms with Crippen molar-refractivity contribution in [3.8, 4) is 0 Å². The molecule has 2 N–H and O–H groups in total. The van der Waals surface area contributed by atoms with E-state index in [4.69, 9.17) is 11.6 Å². The third-order valence-electron chi connectivity index (χ3n) is 2.74. The van der Waals surface area contributed by atoms with Crippen LogP contribution in [0.25, 0.3) is 0 Å². The number of hydrogen-bond acceptors (Lipinski definition) is 3. The first kappa shape index (κ1) is 12.6. The molecule has 1 aliphatic rings. The third-order valence-corrected chi connectivity index (χ3v) is 5.20. The van der Waals surface area contributed by atoms with Gasteiger partial charge in [-0.25, -0.2) is 0 Å². The number of rotatable bonds is 3. The first-order chi connectivity index (χ1) is 7.65. The first-order valence-corrected chi connectivity index (χ1v) is 7.40. The van der Waals surface area contributed by atoms with Crippen molar-refractivity contribution in [2.24, 2.45) is 0 Å². The summed E-state index contributed by atoms with van der Waals surface area (Å²) in [6.45, 7) is 0.167. The lowest BCUT2D eigenvalue weighted by atomic mass is 10.00. The zero-order valence-electron chi connectivity index (χ0n) is 8.67. The average Bonchev–Trinajstić information content (AvgIpc) is 2.73. The van der Waals surface area contributed by atoms with Gasteiger partial charge < -0.3 is 10.4 Å². The van der Waals surface area contributed by atoms with Gasteiger partial charge in [-0.15, -0.1) is 0 Å². The van der Waals surface area contributed by atoms with Gasteiger partial charge in [-0.3, -0.25) is 0 Å². The zero-order chi connectivity index (χ0) is 11.6. The van der Waals surface area contributed by atoms with E-state index in [1.165, 1.54) is 0 Å². The van der Waals surface area contributed by atoms with Crippen LogP contribution in [0.1, 0.15) is 6.42 Å². The maximum Gasteiger partial charge on any atom is 0.0701 e. The van der Waals surface area contributed by atoms with Gasteiger partial charge in [-0.05, 0) is 46.3 Å². The Labute approximate surface area is 113 Å². The van der Waals surface area contributed by atoms with Gasteiger partial charge in [-0.2, -0.15) is 11.8 Å². The minimum atomic E-state index is -0.169. The predicted molar refractivity (Wildman–Crippen MR) is 74.5 cm³/mol. The number of hydrogen-bond donors (Lipinski definition) is 2. The summed E-state index contributed by atoms with van der Waals surface area (Å²) in [5, 5.41) is 13.6. The fourth-order valence-electron chi connectivity index (χ4n) is 1.75. The molecular weight excluding hydrogens is 310 g/mol. The van der Waals surface area contributed by atoms with Crippen molar-refractivity contribution < 1.29 is 5.11 Å². The Morgan fingerprint density at radius 3 is 2.94 bits per heavy atom. The highest BCUT2D eigenvalue weighted by atomic mass is 79.9. The van der Waals surface area contributed by atoms with Crippen molar-refractivity contribution in [1.29, 1.82) is 0 Å². The van der Waals surface area contributed by atoms with Gasteiger partial charge in [0.15, 0.2) is 0 Å². The molecular formula is C11H13BrClNOS. The highest BCUT2D eigenvalue weighted by Crippen LogP contribution is 2.33. The SMILES string of the molecule is OCC1(Nc2ccc(Cl)c(Br)c2)CCSC1. The Morgan fingerprint density at radius 1 is 1.56 bits per heavy atom. The molecule has 1 atom stereocenters. The Morgan fingerprint density at radius 2 is 2.38 bits per heavy atom. The van der Waals surface area contributed by atoms with E-state index in [1.807, 2.05) is 30.0 Å². The standard InChI is InChI=1S/C11H13BrClNOS/c12-9-5-8(1-2-10(9)13)14-11(6-15)3-4-16-7-11/h1-2,5,14-15H,3-4,6-7H2. The molecule has 0 saturated carbocycles. The summed E-state index contributed by atoms with van der Waals surface area (Å²) in [6.07, 6.45) is 0.994. The van der Waals surface area contributed by atoms with E-state index < -0.39 is 0 Å². The van der Waals surface area contributed by atoms with Gasteiger partial charge in [0.05, 0.1) is 17.2 Å². The number of nitrogens with one attached hydrogen (secondary N) is 1.